The van der Waals surface area contributed by atoms with E-state index in [0.717, 1.165) is 4.90 Å². The van der Waals surface area contributed by atoms with Crippen molar-refractivity contribution in [3.8, 4) is 0 Å². The van der Waals surface area contributed by atoms with Crippen molar-refractivity contribution in [1.82, 2.24) is 5.32 Å². The minimum atomic E-state index is -0.0502. The number of amides is 1. The molecule has 0 aliphatic heterocycles. The van der Waals surface area contributed by atoms with Crippen LogP contribution in [0.25, 0.3) is 0 Å². The van der Waals surface area contributed by atoms with Crippen molar-refractivity contribution < 1.29 is 9.90 Å². The van der Waals surface area contributed by atoms with Crippen LogP contribution in [0, 0.1) is 5.92 Å². The average Bonchev–Trinajstić information content (AvgIpc) is 2.38. The van der Waals surface area contributed by atoms with Gasteiger partial charge in [-0.25, -0.2) is 0 Å². The highest BCUT2D eigenvalue weighted by Crippen LogP contribution is 2.29. The molecule has 106 valence electrons. The largest absolute Gasteiger partial charge is 0.396 e. The molecule has 1 rings (SSSR count). The highest BCUT2D eigenvalue weighted by molar-refractivity contribution is 8.00. The normalized spacial score (nSPS) is 12.2. The van der Waals surface area contributed by atoms with Gasteiger partial charge >= 0.3 is 0 Å². The van der Waals surface area contributed by atoms with E-state index in [0.29, 0.717) is 28.8 Å². The van der Waals surface area contributed by atoms with Gasteiger partial charge in [0.1, 0.15) is 0 Å². The molecule has 1 unspecified atom stereocenters. The smallest absolute Gasteiger partial charge is 0.230 e. The minimum absolute atomic E-state index is 0.0502. The lowest BCUT2D eigenvalue weighted by atomic mass is 10.1. The average molecular weight is 322 g/mol. The summed E-state index contributed by atoms with van der Waals surface area (Å²) in [6.45, 7) is 2.70. The Hall–Kier alpha value is -0.420. The first-order valence-corrected chi connectivity index (χ1v) is 7.72. The topological polar surface area (TPSA) is 49.3 Å². The summed E-state index contributed by atoms with van der Waals surface area (Å²) in [6, 6.07) is 5.17. The number of thioether (sulfide) groups is 1. The molecule has 1 amide bonds. The fraction of sp³-hybridized carbons (Fsp3) is 0.462. The third-order valence-corrected chi connectivity index (χ3v) is 4.25. The molecule has 0 radical (unpaired) electrons. The molecule has 0 aliphatic rings. The molecular formula is C13H17Cl2NO2S. The Kier molecular flexibility index (Phi) is 7.61. The molecule has 2 N–H and O–H groups in total. The van der Waals surface area contributed by atoms with E-state index < -0.39 is 0 Å². The third-order valence-electron chi connectivity index (χ3n) is 2.52. The van der Waals surface area contributed by atoms with Gasteiger partial charge in [0.15, 0.2) is 0 Å². The summed E-state index contributed by atoms with van der Waals surface area (Å²) in [5.41, 5.74) is 0. The van der Waals surface area contributed by atoms with E-state index in [1.165, 1.54) is 11.8 Å². The van der Waals surface area contributed by atoms with E-state index >= 15 is 0 Å². The maximum absolute atomic E-state index is 11.7. The number of aliphatic hydroxyl groups is 1. The predicted molar refractivity (Wildman–Crippen MR) is 81.1 cm³/mol. The Bertz CT molecular complexity index is 429. The second-order valence-corrected chi connectivity index (χ2v) is 6.15. The van der Waals surface area contributed by atoms with Gasteiger partial charge in [0.05, 0.1) is 10.8 Å². The third kappa shape index (κ3) is 6.52. The number of aliphatic hydroxyl groups excluding tert-OH is 1. The molecule has 1 atom stereocenters. The molecule has 0 heterocycles. The molecular weight excluding hydrogens is 305 g/mol. The summed E-state index contributed by atoms with van der Waals surface area (Å²) >= 11 is 13.2. The number of carbonyl (C=O) groups is 1. The van der Waals surface area contributed by atoms with Gasteiger partial charge in [-0.05, 0) is 30.5 Å². The van der Waals surface area contributed by atoms with Crippen molar-refractivity contribution in [3.63, 3.8) is 0 Å². The lowest BCUT2D eigenvalue weighted by molar-refractivity contribution is -0.118. The zero-order valence-electron chi connectivity index (χ0n) is 10.7. The number of rotatable bonds is 7. The first-order chi connectivity index (χ1) is 9.02. The lowest BCUT2D eigenvalue weighted by Gasteiger charge is -2.11. The van der Waals surface area contributed by atoms with Crippen LogP contribution in [-0.2, 0) is 4.79 Å². The van der Waals surface area contributed by atoms with Crippen molar-refractivity contribution in [1.29, 1.82) is 0 Å². The highest BCUT2D eigenvalue weighted by atomic mass is 35.5. The first-order valence-electron chi connectivity index (χ1n) is 5.98. The van der Waals surface area contributed by atoms with Crippen molar-refractivity contribution >= 4 is 40.9 Å². The van der Waals surface area contributed by atoms with Crippen LogP contribution in [-0.4, -0.2) is 29.9 Å². The Labute approximate surface area is 127 Å². The zero-order chi connectivity index (χ0) is 14.3. The van der Waals surface area contributed by atoms with E-state index in [-0.39, 0.29) is 18.4 Å². The molecule has 0 fully saturated rings. The summed E-state index contributed by atoms with van der Waals surface area (Å²) < 4.78 is 0. The van der Waals surface area contributed by atoms with Crippen LogP contribution in [0.3, 0.4) is 0 Å². The number of benzene rings is 1. The molecule has 6 heteroatoms. The minimum Gasteiger partial charge on any atom is -0.396 e. The van der Waals surface area contributed by atoms with Gasteiger partial charge < -0.3 is 10.4 Å². The van der Waals surface area contributed by atoms with Crippen molar-refractivity contribution in [2.75, 3.05) is 18.9 Å². The Morgan fingerprint density at radius 3 is 2.89 bits per heavy atom. The van der Waals surface area contributed by atoms with Gasteiger partial charge in [0.25, 0.3) is 0 Å². The number of nitrogens with one attached hydrogen (secondary N) is 1. The Balaban J connectivity index is 2.35. The standard InChI is InChI=1S/C13H17Cl2NO2S/c1-9(4-5-17)7-16-13(18)8-19-12-6-10(14)2-3-11(12)15/h2-3,6,9,17H,4-5,7-8H2,1H3,(H,16,18). The Morgan fingerprint density at radius 2 is 2.21 bits per heavy atom. The van der Waals surface area contributed by atoms with E-state index in [1.807, 2.05) is 6.92 Å². The van der Waals surface area contributed by atoms with Gasteiger partial charge in [-0.1, -0.05) is 30.1 Å². The summed E-state index contributed by atoms with van der Waals surface area (Å²) in [5.74, 6) is 0.519. The van der Waals surface area contributed by atoms with Crippen LogP contribution in [0.15, 0.2) is 23.1 Å². The first kappa shape index (κ1) is 16.6. The van der Waals surface area contributed by atoms with E-state index in [2.05, 4.69) is 5.32 Å². The molecule has 0 bridgehead atoms. The van der Waals surface area contributed by atoms with Crippen LogP contribution >= 0.6 is 35.0 Å². The molecule has 19 heavy (non-hydrogen) atoms. The van der Waals surface area contributed by atoms with Gasteiger partial charge in [-0.2, -0.15) is 0 Å². The van der Waals surface area contributed by atoms with Crippen molar-refractivity contribution in [3.05, 3.63) is 28.2 Å². The Morgan fingerprint density at radius 1 is 1.47 bits per heavy atom. The lowest BCUT2D eigenvalue weighted by Crippen LogP contribution is -2.30. The van der Waals surface area contributed by atoms with Gasteiger partial charge in [0, 0.05) is 23.1 Å². The number of carbonyl (C=O) groups excluding carboxylic acids is 1. The SMILES string of the molecule is CC(CCO)CNC(=O)CSc1cc(Cl)ccc1Cl. The molecule has 0 saturated heterocycles. The second kappa shape index (κ2) is 8.69. The fourth-order valence-corrected chi connectivity index (χ4v) is 2.72. The summed E-state index contributed by atoms with van der Waals surface area (Å²) in [6.07, 6.45) is 0.688. The molecule has 3 nitrogen and oxygen atoms in total. The predicted octanol–water partition coefficient (Wildman–Crippen LogP) is 3.22. The molecule has 0 spiro atoms. The highest BCUT2D eigenvalue weighted by Gasteiger charge is 2.08. The van der Waals surface area contributed by atoms with E-state index in [1.54, 1.807) is 18.2 Å². The maximum atomic E-state index is 11.7. The molecule has 0 aromatic heterocycles. The van der Waals surface area contributed by atoms with Gasteiger partial charge in [0.2, 0.25) is 5.91 Å². The fourth-order valence-electron chi connectivity index (χ4n) is 1.39. The van der Waals surface area contributed by atoms with Crippen LogP contribution in [0.5, 0.6) is 0 Å². The maximum Gasteiger partial charge on any atom is 0.230 e. The summed E-state index contributed by atoms with van der Waals surface area (Å²) in [4.78, 5) is 12.4. The second-order valence-electron chi connectivity index (χ2n) is 4.28. The van der Waals surface area contributed by atoms with E-state index in [4.69, 9.17) is 28.3 Å². The van der Waals surface area contributed by atoms with Crippen LogP contribution in [0.2, 0.25) is 10.0 Å². The van der Waals surface area contributed by atoms with Crippen molar-refractivity contribution in [2.45, 2.75) is 18.2 Å². The van der Waals surface area contributed by atoms with Crippen LogP contribution in [0.1, 0.15) is 13.3 Å². The zero-order valence-corrected chi connectivity index (χ0v) is 13.0. The quantitative estimate of drug-likeness (QED) is 0.758. The molecule has 1 aromatic rings. The number of hydrogen-bond donors (Lipinski definition) is 2. The van der Waals surface area contributed by atoms with Crippen LogP contribution in [0.4, 0.5) is 0 Å². The molecule has 0 saturated carbocycles. The van der Waals surface area contributed by atoms with Crippen LogP contribution < -0.4 is 5.32 Å². The molecule has 1 aromatic carbocycles. The van der Waals surface area contributed by atoms with Crippen molar-refractivity contribution in [2.24, 2.45) is 5.92 Å². The monoisotopic (exact) mass is 321 g/mol. The molecule has 0 aliphatic carbocycles. The van der Waals surface area contributed by atoms with Gasteiger partial charge in [-0.3, -0.25) is 4.79 Å². The van der Waals surface area contributed by atoms with E-state index in [9.17, 15) is 4.79 Å². The summed E-state index contributed by atoms with van der Waals surface area (Å²) in [7, 11) is 0. The number of hydrogen-bond acceptors (Lipinski definition) is 3. The number of halogens is 2. The summed E-state index contributed by atoms with van der Waals surface area (Å²) in [5, 5.41) is 12.8. The van der Waals surface area contributed by atoms with Gasteiger partial charge in [-0.15, -0.1) is 11.8 Å².